The summed E-state index contributed by atoms with van der Waals surface area (Å²) in [6, 6.07) is 5.96. The summed E-state index contributed by atoms with van der Waals surface area (Å²) in [5.41, 5.74) is 0.479. The predicted octanol–water partition coefficient (Wildman–Crippen LogP) is 3.13. The molecule has 0 spiro atoms. The number of rotatable bonds is 3. The third-order valence-corrected chi connectivity index (χ3v) is 3.62. The van der Waals surface area contributed by atoms with E-state index in [0.29, 0.717) is 12.1 Å². The van der Waals surface area contributed by atoms with Crippen molar-refractivity contribution in [1.29, 1.82) is 0 Å². The highest BCUT2D eigenvalue weighted by Gasteiger charge is 2.17. The Hall–Kier alpha value is -1.22. The number of carbonyl (C=O) groups excluding carboxylic acids is 1. The molecule has 1 saturated heterocycles. The zero-order valence-corrected chi connectivity index (χ0v) is 10.9. The van der Waals surface area contributed by atoms with Crippen molar-refractivity contribution in [3.8, 4) is 0 Å². The number of hydrogen-bond acceptors (Lipinski definition) is 2. The molecule has 1 aromatic rings. The average Bonchev–Trinajstić information content (AvgIpc) is 2.54. The van der Waals surface area contributed by atoms with Crippen LogP contribution in [0.2, 0.25) is 0 Å². The molecule has 1 aliphatic rings. The van der Waals surface area contributed by atoms with Gasteiger partial charge in [0, 0.05) is 5.56 Å². The van der Waals surface area contributed by atoms with Gasteiger partial charge in [0.15, 0.2) is 5.78 Å². The lowest BCUT2D eigenvalue weighted by atomic mass is 10.0. The van der Waals surface area contributed by atoms with E-state index in [1.807, 2.05) is 0 Å². The minimum atomic E-state index is -0.342. The fraction of sp³-hybridized carbons (Fsp3) is 0.533. The first-order valence-electron chi connectivity index (χ1n) is 6.66. The lowest BCUT2D eigenvalue weighted by molar-refractivity contribution is 0.0932. The van der Waals surface area contributed by atoms with Gasteiger partial charge in [-0.2, -0.15) is 0 Å². The SMILES string of the molecule is CC1CCCN(CC(=O)c2cccc(F)c2)CC1. The van der Waals surface area contributed by atoms with Crippen LogP contribution in [0.3, 0.4) is 0 Å². The molecule has 0 aromatic heterocycles. The van der Waals surface area contributed by atoms with Gasteiger partial charge >= 0.3 is 0 Å². The van der Waals surface area contributed by atoms with Crippen LogP contribution in [0.4, 0.5) is 4.39 Å². The Morgan fingerprint density at radius 2 is 2.22 bits per heavy atom. The van der Waals surface area contributed by atoms with E-state index in [1.54, 1.807) is 12.1 Å². The number of hydrogen-bond donors (Lipinski definition) is 0. The number of nitrogens with zero attached hydrogens (tertiary/aromatic N) is 1. The van der Waals surface area contributed by atoms with E-state index < -0.39 is 0 Å². The second kappa shape index (κ2) is 6.10. The first-order chi connectivity index (χ1) is 8.65. The van der Waals surface area contributed by atoms with Crippen molar-refractivity contribution >= 4 is 5.78 Å². The molecule has 0 N–H and O–H groups in total. The quantitative estimate of drug-likeness (QED) is 0.767. The number of ketones is 1. The van der Waals surface area contributed by atoms with Crippen LogP contribution < -0.4 is 0 Å². The number of Topliss-reactive ketones (excluding diaryl/α,β-unsaturated/α-hetero) is 1. The molecule has 18 heavy (non-hydrogen) atoms. The maximum atomic E-state index is 13.1. The normalized spacial score (nSPS) is 21.6. The van der Waals surface area contributed by atoms with E-state index in [0.717, 1.165) is 31.8 Å². The topological polar surface area (TPSA) is 20.3 Å². The van der Waals surface area contributed by atoms with E-state index in [2.05, 4.69) is 11.8 Å². The van der Waals surface area contributed by atoms with Crippen molar-refractivity contribution in [2.24, 2.45) is 5.92 Å². The Morgan fingerprint density at radius 1 is 1.39 bits per heavy atom. The first-order valence-corrected chi connectivity index (χ1v) is 6.66. The average molecular weight is 249 g/mol. The molecule has 0 radical (unpaired) electrons. The fourth-order valence-electron chi connectivity index (χ4n) is 2.44. The molecule has 1 fully saturated rings. The van der Waals surface area contributed by atoms with Crippen LogP contribution in [0.5, 0.6) is 0 Å². The van der Waals surface area contributed by atoms with Crippen LogP contribution in [0.25, 0.3) is 0 Å². The Bertz CT molecular complexity index is 419. The van der Waals surface area contributed by atoms with Gasteiger partial charge in [-0.25, -0.2) is 4.39 Å². The molecular formula is C15H20FNO. The van der Waals surface area contributed by atoms with Crippen molar-refractivity contribution in [2.45, 2.75) is 26.2 Å². The maximum absolute atomic E-state index is 13.1. The Balaban J connectivity index is 1.94. The molecule has 3 heteroatoms. The van der Waals surface area contributed by atoms with Crippen molar-refractivity contribution in [1.82, 2.24) is 4.90 Å². The molecule has 2 rings (SSSR count). The number of halogens is 1. The van der Waals surface area contributed by atoms with Gasteiger partial charge in [-0.05, 0) is 50.4 Å². The monoisotopic (exact) mass is 249 g/mol. The van der Waals surface area contributed by atoms with Gasteiger partial charge in [-0.3, -0.25) is 9.69 Å². The lowest BCUT2D eigenvalue weighted by Crippen LogP contribution is -2.31. The lowest BCUT2D eigenvalue weighted by Gasteiger charge is -2.18. The molecule has 0 bridgehead atoms. The second-order valence-corrected chi connectivity index (χ2v) is 5.25. The number of likely N-dealkylation sites (tertiary alicyclic amines) is 1. The molecule has 1 aliphatic heterocycles. The van der Waals surface area contributed by atoms with E-state index in [4.69, 9.17) is 0 Å². The minimum Gasteiger partial charge on any atom is -0.296 e. The Kier molecular flexibility index (Phi) is 4.48. The summed E-state index contributed by atoms with van der Waals surface area (Å²) >= 11 is 0. The third-order valence-electron chi connectivity index (χ3n) is 3.62. The van der Waals surface area contributed by atoms with Gasteiger partial charge in [0.05, 0.1) is 6.54 Å². The molecule has 0 saturated carbocycles. The molecule has 0 amide bonds. The van der Waals surface area contributed by atoms with Crippen LogP contribution in [0.1, 0.15) is 36.5 Å². The largest absolute Gasteiger partial charge is 0.296 e. The van der Waals surface area contributed by atoms with Gasteiger partial charge in [-0.15, -0.1) is 0 Å². The van der Waals surface area contributed by atoms with Crippen molar-refractivity contribution in [3.63, 3.8) is 0 Å². The van der Waals surface area contributed by atoms with E-state index in [9.17, 15) is 9.18 Å². The summed E-state index contributed by atoms with van der Waals surface area (Å²) in [4.78, 5) is 14.2. The van der Waals surface area contributed by atoms with E-state index in [-0.39, 0.29) is 11.6 Å². The number of benzene rings is 1. The molecule has 1 aromatic carbocycles. The van der Waals surface area contributed by atoms with Crippen molar-refractivity contribution < 1.29 is 9.18 Å². The summed E-state index contributed by atoms with van der Waals surface area (Å²) in [5, 5.41) is 0. The Morgan fingerprint density at radius 3 is 3.00 bits per heavy atom. The molecule has 1 heterocycles. The van der Waals surface area contributed by atoms with Crippen molar-refractivity contribution in [2.75, 3.05) is 19.6 Å². The summed E-state index contributed by atoms with van der Waals surface area (Å²) in [6.07, 6.45) is 3.54. The van der Waals surface area contributed by atoms with Gasteiger partial charge in [-0.1, -0.05) is 19.1 Å². The predicted molar refractivity (Wildman–Crippen MR) is 70.2 cm³/mol. The van der Waals surface area contributed by atoms with Gasteiger partial charge in [0.1, 0.15) is 5.82 Å². The van der Waals surface area contributed by atoms with Crippen LogP contribution in [0.15, 0.2) is 24.3 Å². The van der Waals surface area contributed by atoms with Crippen LogP contribution in [-0.4, -0.2) is 30.3 Å². The zero-order chi connectivity index (χ0) is 13.0. The molecule has 1 atom stereocenters. The van der Waals surface area contributed by atoms with Gasteiger partial charge < -0.3 is 0 Å². The van der Waals surface area contributed by atoms with Crippen LogP contribution >= 0.6 is 0 Å². The minimum absolute atomic E-state index is 0.0176. The van der Waals surface area contributed by atoms with Crippen LogP contribution in [0, 0.1) is 11.7 Å². The highest BCUT2D eigenvalue weighted by atomic mass is 19.1. The number of carbonyl (C=O) groups is 1. The maximum Gasteiger partial charge on any atom is 0.176 e. The highest BCUT2D eigenvalue weighted by molar-refractivity contribution is 5.97. The standard InChI is InChI=1S/C15H20FNO/c1-12-4-3-8-17(9-7-12)11-15(18)13-5-2-6-14(16)10-13/h2,5-6,10,12H,3-4,7-9,11H2,1H3. The summed E-state index contributed by atoms with van der Waals surface area (Å²) in [6.45, 7) is 4.63. The molecule has 2 nitrogen and oxygen atoms in total. The summed E-state index contributed by atoms with van der Waals surface area (Å²) in [5.74, 6) is 0.425. The van der Waals surface area contributed by atoms with Crippen LogP contribution in [-0.2, 0) is 0 Å². The molecule has 98 valence electrons. The van der Waals surface area contributed by atoms with Gasteiger partial charge in [0.25, 0.3) is 0 Å². The van der Waals surface area contributed by atoms with E-state index in [1.165, 1.54) is 18.6 Å². The summed E-state index contributed by atoms with van der Waals surface area (Å²) < 4.78 is 13.1. The Labute approximate surface area is 108 Å². The molecule has 1 unspecified atom stereocenters. The highest BCUT2D eigenvalue weighted by Crippen LogP contribution is 2.16. The van der Waals surface area contributed by atoms with E-state index >= 15 is 0 Å². The zero-order valence-electron chi connectivity index (χ0n) is 10.9. The third kappa shape index (κ3) is 3.64. The smallest absolute Gasteiger partial charge is 0.176 e. The molecular weight excluding hydrogens is 229 g/mol. The second-order valence-electron chi connectivity index (χ2n) is 5.25. The first kappa shape index (κ1) is 13.2. The summed E-state index contributed by atoms with van der Waals surface area (Å²) in [7, 11) is 0. The fourth-order valence-corrected chi connectivity index (χ4v) is 2.44. The van der Waals surface area contributed by atoms with Gasteiger partial charge in [0.2, 0.25) is 0 Å². The van der Waals surface area contributed by atoms with Crippen molar-refractivity contribution in [3.05, 3.63) is 35.6 Å². The molecule has 0 aliphatic carbocycles.